The molecule has 2 aliphatic carbocycles. The molecule has 3 N–H and O–H groups in total. The average Bonchev–Trinajstić information content (AvgIpc) is 3.72. The number of aromatic nitrogens is 4. The minimum Gasteiger partial charge on any atom is -0.393 e. The van der Waals surface area contributed by atoms with Gasteiger partial charge in [-0.15, -0.1) is 0 Å². The number of benzene rings is 1. The van der Waals surface area contributed by atoms with Crippen LogP contribution in [0.5, 0.6) is 0 Å². The molecule has 1 aromatic carbocycles. The Labute approximate surface area is 262 Å². The Morgan fingerprint density at radius 2 is 1.58 bits per heavy atom. The molecule has 3 aromatic rings. The van der Waals surface area contributed by atoms with Gasteiger partial charge in [-0.2, -0.15) is 4.98 Å². The van der Waals surface area contributed by atoms with Gasteiger partial charge in [0.25, 0.3) is 0 Å². The molecule has 2 aromatic heterocycles. The number of hydrogen-bond donors (Lipinski definition) is 3. The van der Waals surface area contributed by atoms with E-state index in [2.05, 4.69) is 25.6 Å². The van der Waals surface area contributed by atoms with Crippen LogP contribution in [-0.2, 0) is 4.79 Å². The number of aliphatic hydroxyl groups is 1. The van der Waals surface area contributed by atoms with Gasteiger partial charge >= 0.3 is 0 Å². The van der Waals surface area contributed by atoms with Crippen LogP contribution in [0, 0.1) is 17.6 Å². The van der Waals surface area contributed by atoms with Crippen LogP contribution in [0.4, 0.5) is 26.4 Å². The van der Waals surface area contributed by atoms with Gasteiger partial charge in [-0.1, -0.05) is 0 Å². The smallest absolute Gasteiger partial charge is 0.225 e. The maximum absolute atomic E-state index is 14.7. The molecule has 0 unspecified atom stereocenters. The molecule has 0 bridgehead atoms. The van der Waals surface area contributed by atoms with Crippen molar-refractivity contribution in [1.82, 2.24) is 34.4 Å². The van der Waals surface area contributed by atoms with Gasteiger partial charge in [-0.05, 0) is 76.3 Å². The van der Waals surface area contributed by atoms with Crippen molar-refractivity contribution in [2.24, 2.45) is 5.92 Å². The van der Waals surface area contributed by atoms with Gasteiger partial charge in [0, 0.05) is 63.3 Å². The topological polar surface area (TPSA) is 115 Å². The lowest BCUT2D eigenvalue weighted by molar-refractivity contribution is -0.141. The number of rotatable bonds is 7. The van der Waals surface area contributed by atoms with E-state index in [1.807, 2.05) is 9.47 Å². The molecule has 45 heavy (non-hydrogen) atoms. The van der Waals surface area contributed by atoms with Crippen LogP contribution in [0.1, 0.15) is 70.3 Å². The maximum Gasteiger partial charge on any atom is 0.225 e. The van der Waals surface area contributed by atoms with Crippen molar-refractivity contribution in [2.45, 2.75) is 82.4 Å². The van der Waals surface area contributed by atoms with E-state index in [1.165, 1.54) is 25.0 Å². The van der Waals surface area contributed by atoms with Crippen LogP contribution < -0.4 is 10.6 Å². The molecule has 4 heterocycles. The van der Waals surface area contributed by atoms with E-state index in [0.717, 1.165) is 96.7 Å². The maximum atomic E-state index is 14.7. The summed E-state index contributed by atoms with van der Waals surface area (Å²) in [4.78, 5) is 29.7. The lowest BCUT2D eigenvalue weighted by Crippen LogP contribution is -2.55. The van der Waals surface area contributed by atoms with E-state index in [4.69, 9.17) is 9.97 Å². The first-order valence-corrected chi connectivity index (χ1v) is 16.6. The highest BCUT2D eigenvalue weighted by Crippen LogP contribution is 2.38. The molecule has 7 rings (SSSR count). The first kappa shape index (κ1) is 30.2. The summed E-state index contributed by atoms with van der Waals surface area (Å²) in [6.45, 7) is 5.58. The lowest BCUT2D eigenvalue weighted by atomic mass is 9.85. The fraction of sp³-hybridized carbons (Fsp3) is 0.625. The fourth-order valence-corrected chi connectivity index (χ4v) is 7.53. The van der Waals surface area contributed by atoms with Crippen LogP contribution in [0.25, 0.3) is 11.2 Å². The second-order valence-electron chi connectivity index (χ2n) is 13.1. The van der Waals surface area contributed by atoms with Gasteiger partial charge < -0.3 is 20.6 Å². The van der Waals surface area contributed by atoms with Crippen molar-refractivity contribution in [3.8, 4) is 0 Å². The molecule has 4 fully saturated rings. The number of halogens is 2. The Bertz CT molecular complexity index is 1490. The molecule has 4 aliphatic rings. The summed E-state index contributed by atoms with van der Waals surface area (Å²) < 4.78 is 30.4. The number of nitrogens with one attached hydrogen (secondary N) is 2. The number of carbonyl (C=O) groups is 1. The number of carbonyl (C=O) groups excluding carboxylic acids is 1. The van der Waals surface area contributed by atoms with Crippen molar-refractivity contribution >= 4 is 34.7 Å². The number of hydrazine groups is 1. The van der Waals surface area contributed by atoms with E-state index >= 15 is 0 Å². The van der Waals surface area contributed by atoms with Crippen LogP contribution in [0.3, 0.4) is 0 Å². The molecule has 0 radical (unpaired) electrons. The van der Waals surface area contributed by atoms with Gasteiger partial charge in [-0.3, -0.25) is 9.36 Å². The molecular weight excluding hydrogens is 580 g/mol. The third kappa shape index (κ3) is 6.61. The summed E-state index contributed by atoms with van der Waals surface area (Å²) in [6.07, 6.45) is 10.1. The second-order valence-corrected chi connectivity index (χ2v) is 13.1. The molecule has 11 nitrogen and oxygen atoms in total. The molecular formula is C32H43F2N9O2. The summed E-state index contributed by atoms with van der Waals surface area (Å²) in [5.74, 6) is -0.224. The number of amides is 1. The summed E-state index contributed by atoms with van der Waals surface area (Å²) in [7, 11) is 0. The minimum atomic E-state index is -0.708. The predicted octanol–water partition coefficient (Wildman–Crippen LogP) is 4.45. The largest absolute Gasteiger partial charge is 0.393 e. The van der Waals surface area contributed by atoms with Crippen molar-refractivity contribution in [3.63, 3.8) is 0 Å². The van der Waals surface area contributed by atoms with E-state index in [1.54, 1.807) is 6.20 Å². The first-order valence-electron chi connectivity index (χ1n) is 16.6. The van der Waals surface area contributed by atoms with E-state index in [9.17, 15) is 18.7 Å². The SMILES string of the molecule is O=C([C@H]1CC[C@@H](n2c(Nc3ccc(F)cc3F)nc3cnc(N[C@H]4CC[C@H](O)CC4)nc32)CC1)N1CCN(N2CCCC2)CC1. The summed E-state index contributed by atoms with van der Waals surface area (Å²) in [5.41, 5.74) is 1.32. The highest BCUT2D eigenvalue weighted by atomic mass is 19.1. The Morgan fingerprint density at radius 1 is 0.867 bits per heavy atom. The highest BCUT2D eigenvalue weighted by Gasteiger charge is 2.34. The molecule has 0 spiro atoms. The van der Waals surface area contributed by atoms with Crippen molar-refractivity contribution in [3.05, 3.63) is 36.0 Å². The molecule has 242 valence electrons. The normalized spacial score (nSPS) is 26.8. The number of piperazine rings is 1. The number of aliphatic hydroxyl groups excluding tert-OH is 1. The average molecular weight is 624 g/mol. The first-order chi connectivity index (χ1) is 21.9. The number of imidazole rings is 1. The van der Waals surface area contributed by atoms with Crippen molar-refractivity contribution in [1.29, 1.82) is 0 Å². The quantitative estimate of drug-likeness (QED) is 0.351. The molecule has 2 saturated carbocycles. The van der Waals surface area contributed by atoms with Gasteiger partial charge in [0.15, 0.2) is 5.65 Å². The lowest BCUT2D eigenvalue weighted by Gasteiger charge is -2.41. The number of fused-ring (bicyclic) bond motifs is 1. The van der Waals surface area contributed by atoms with Gasteiger partial charge in [0.2, 0.25) is 17.8 Å². The Morgan fingerprint density at radius 3 is 2.29 bits per heavy atom. The minimum absolute atomic E-state index is 0.00958. The van der Waals surface area contributed by atoms with Crippen LogP contribution >= 0.6 is 0 Å². The van der Waals surface area contributed by atoms with Crippen molar-refractivity contribution < 1.29 is 18.7 Å². The van der Waals surface area contributed by atoms with Crippen LogP contribution in [0.15, 0.2) is 24.4 Å². The number of nitrogens with zero attached hydrogens (tertiary/aromatic N) is 7. The van der Waals surface area contributed by atoms with E-state index in [-0.39, 0.29) is 35.7 Å². The molecule has 2 saturated heterocycles. The van der Waals surface area contributed by atoms with Gasteiger partial charge in [0.05, 0.1) is 18.0 Å². The highest BCUT2D eigenvalue weighted by molar-refractivity contribution is 5.79. The zero-order chi connectivity index (χ0) is 30.9. The summed E-state index contributed by atoms with van der Waals surface area (Å²) >= 11 is 0. The second kappa shape index (κ2) is 13.1. The monoisotopic (exact) mass is 623 g/mol. The third-order valence-corrected chi connectivity index (χ3v) is 10.1. The zero-order valence-corrected chi connectivity index (χ0v) is 25.7. The molecule has 2 aliphatic heterocycles. The number of hydrogen-bond acceptors (Lipinski definition) is 9. The zero-order valence-electron chi connectivity index (χ0n) is 25.7. The molecule has 0 atom stereocenters. The molecule has 13 heteroatoms. The fourth-order valence-electron chi connectivity index (χ4n) is 7.53. The predicted molar refractivity (Wildman–Crippen MR) is 167 cm³/mol. The summed E-state index contributed by atoms with van der Waals surface area (Å²) in [6, 6.07) is 3.59. The Kier molecular flexibility index (Phi) is 8.83. The Balaban J connectivity index is 1.08. The Hall–Kier alpha value is -3.42. The van der Waals surface area contributed by atoms with Crippen LogP contribution in [-0.4, -0.2) is 96.9 Å². The van der Waals surface area contributed by atoms with Crippen molar-refractivity contribution in [2.75, 3.05) is 49.9 Å². The molecule has 1 amide bonds. The summed E-state index contributed by atoms with van der Waals surface area (Å²) in [5, 5.41) is 21.3. The standard InChI is InChI=1S/C32H43F2N9O2/c33-22-5-12-27(26(34)19-22)37-32-38-28-20-35-31(36-23-6-10-25(44)11-7-23)39-29(28)43(32)24-8-3-21(4-9-24)30(45)40-15-17-42(18-16-40)41-13-1-2-14-41/h5,12,19-21,23-25,44H,1-4,6-11,13-18H2,(H,37,38)(H,35,36,39)/t21-,23-,24+,25-. The van der Waals surface area contributed by atoms with Gasteiger partial charge in [-0.25, -0.2) is 28.8 Å². The number of anilines is 3. The van der Waals surface area contributed by atoms with E-state index in [0.29, 0.717) is 23.1 Å². The van der Waals surface area contributed by atoms with Gasteiger partial charge in [0.1, 0.15) is 17.2 Å². The van der Waals surface area contributed by atoms with Crippen LogP contribution in [0.2, 0.25) is 0 Å². The third-order valence-electron chi connectivity index (χ3n) is 10.1. The van der Waals surface area contributed by atoms with E-state index < -0.39 is 11.6 Å².